The molecular weight excluding hydrogens is 539 g/mol. The van der Waals surface area contributed by atoms with E-state index in [-0.39, 0.29) is 28.7 Å². The largest absolute Gasteiger partial charge is 0.444 e. The Morgan fingerprint density at radius 1 is 0.925 bits per heavy atom. The molecule has 0 spiro atoms. The number of anilines is 3. The molecule has 2 aromatic heterocycles. The molecular formula is C28H30ClFN6O4. The second-order valence-electron chi connectivity index (χ2n) is 10.2. The number of amides is 3. The van der Waals surface area contributed by atoms with E-state index in [0.717, 1.165) is 18.6 Å². The maximum Gasteiger partial charge on any atom is 0.410 e. The van der Waals surface area contributed by atoms with Gasteiger partial charge in [0.25, 0.3) is 11.8 Å². The minimum absolute atomic E-state index is 0.0752. The highest BCUT2D eigenvalue weighted by atomic mass is 35.5. The summed E-state index contributed by atoms with van der Waals surface area (Å²) >= 11 is 5.83. The van der Waals surface area contributed by atoms with Crippen molar-refractivity contribution >= 4 is 46.8 Å². The number of hydrogen-bond acceptors (Lipinski definition) is 7. The molecule has 0 unspecified atom stereocenters. The van der Waals surface area contributed by atoms with Crippen molar-refractivity contribution in [2.75, 3.05) is 41.7 Å². The predicted octanol–water partition coefficient (Wildman–Crippen LogP) is 5.22. The molecule has 1 fully saturated rings. The molecule has 10 nitrogen and oxygen atoms in total. The molecule has 40 heavy (non-hydrogen) atoms. The first kappa shape index (κ1) is 28.8. The first-order chi connectivity index (χ1) is 19.0. The van der Waals surface area contributed by atoms with Crippen LogP contribution in [0.2, 0.25) is 5.02 Å². The Kier molecular flexibility index (Phi) is 8.83. The van der Waals surface area contributed by atoms with Crippen LogP contribution in [0.5, 0.6) is 0 Å². The second kappa shape index (κ2) is 12.3. The highest BCUT2D eigenvalue weighted by Crippen LogP contribution is 2.21. The van der Waals surface area contributed by atoms with Gasteiger partial charge in [-0.3, -0.25) is 9.59 Å². The standard InChI is InChI=1S/C28H30ClFN6O4/c1-28(2,3)40-27(39)36-12-4-11-35(13-14-36)24-10-5-18(16-32-24)25(37)33-22-8-7-20(30)15-21(22)26(38)34-23-9-6-19(29)17-31-23/h5-10,15-17H,4,11-14H2,1-3H3,(H,33,37)(H,31,34,38). The van der Waals surface area contributed by atoms with Gasteiger partial charge in [0.05, 0.1) is 21.8 Å². The number of ether oxygens (including phenoxy) is 1. The molecule has 1 aromatic carbocycles. The van der Waals surface area contributed by atoms with Crippen LogP contribution in [0.15, 0.2) is 54.9 Å². The molecule has 1 aliphatic rings. The van der Waals surface area contributed by atoms with Gasteiger partial charge in [-0.2, -0.15) is 0 Å². The zero-order valence-electron chi connectivity index (χ0n) is 22.4. The average Bonchev–Trinajstić information content (AvgIpc) is 3.17. The minimum Gasteiger partial charge on any atom is -0.444 e. The third-order valence-electron chi connectivity index (χ3n) is 5.93. The molecule has 1 saturated heterocycles. The second-order valence-corrected chi connectivity index (χ2v) is 10.6. The van der Waals surface area contributed by atoms with Gasteiger partial charge < -0.3 is 25.2 Å². The fraction of sp³-hybridized carbons (Fsp3) is 0.321. The number of aromatic nitrogens is 2. The number of rotatable bonds is 5. The lowest BCUT2D eigenvalue weighted by Crippen LogP contribution is -2.39. The molecule has 1 aliphatic heterocycles. The van der Waals surface area contributed by atoms with E-state index >= 15 is 0 Å². The highest BCUT2D eigenvalue weighted by Gasteiger charge is 2.25. The molecule has 2 N–H and O–H groups in total. The molecule has 3 amide bonds. The number of nitrogens with one attached hydrogen (secondary N) is 2. The Balaban J connectivity index is 1.41. The number of hydrogen-bond donors (Lipinski definition) is 2. The van der Waals surface area contributed by atoms with Crippen LogP contribution in [0.4, 0.5) is 26.5 Å². The summed E-state index contributed by atoms with van der Waals surface area (Å²) in [6, 6.07) is 9.89. The van der Waals surface area contributed by atoms with Crippen molar-refractivity contribution in [2.45, 2.75) is 32.8 Å². The molecule has 0 atom stereocenters. The molecule has 12 heteroatoms. The maximum absolute atomic E-state index is 14.0. The lowest BCUT2D eigenvalue weighted by Gasteiger charge is -2.26. The fourth-order valence-electron chi connectivity index (χ4n) is 4.00. The topological polar surface area (TPSA) is 117 Å². The predicted molar refractivity (Wildman–Crippen MR) is 150 cm³/mol. The van der Waals surface area contributed by atoms with Crippen LogP contribution < -0.4 is 15.5 Å². The van der Waals surface area contributed by atoms with E-state index in [1.54, 1.807) is 23.1 Å². The van der Waals surface area contributed by atoms with Gasteiger partial charge in [-0.05, 0) is 69.7 Å². The summed E-state index contributed by atoms with van der Waals surface area (Å²) in [7, 11) is 0. The van der Waals surface area contributed by atoms with Crippen molar-refractivity contribution in [1.29, 1.82) is 0 Å². The van der Waals surface area contributed by atoms with E-state index in [4.69, 9.17) is 16.3 Å². The van der Waals surface area contributed by atoms with Crippen molar-refractivity contribution in [3.8, 4) is 0 Å². The van der Waals surface area contributed by atoms with Gasteiger partial charge in [0.15, 0.2) is 0 Å². The molecule has 4 rings (SSSR count). The Hall–Kier alpha value is -4.25. The third kappa shape index (κ3) is 7.66. The first-order valence-electron chi connectivity index (χ1n) is 12.7. The van der Waals surface area contributed by atoms with Crippen LogP contribution >= 0.6 is 11.6 Å². The number of halogens is 2. The van der Waals surface area contributed by atoms with Crippen molar-refractivity contribution in [1.82, 2.24) is 14.9 Å². The third-order valence-corrected chi connectivity index (χ3v) is 6.15. The van der Waals surface area contributed by atoms with Gasteiger partial charge in [0, 0.05) is 38.6 Å². The van der Waals surface area contributed by atoms with E-state index in [1.807, 2.05) is 25.7 Å². The maximum atomic E-state index is 14.0. The quantitative estimate of drug-likeness (QED) is 0.433. The number of carbonyl (C=O) groups excluding carboxylic acids is 3. The van der Waals surface area contributed by atoms with Gasteiger partial charge in [0.2, 0.25) is 0 Å². The minimum atomic E-state index is -0.653. The lowest BCUT2D eigenvalue weighted by molar-refractivity contribution is 0.0263. The molecule has 3 heterocycles. The fourth-order valence-corrected chi connectivity index (χ4v) is 4.12. The van der Waals surface area contributed by atoms with Crippen molar-refractivity contribution in [2.24, 2.45) is 0 Å². The van der Waals surface area contributed by atoms with Crippen LogP contribution in [0.1, 0.15) is 47.9 Å². The van der Waals surface area contributed by atoms with E-state index in [9.17, 15) is 18.8 Å². The summed E-state index contributed by atoms with van der Waals surface area (Å²) < 4.78 is 19.5. The first-order valence-corrected chi connectivity index (χ1v) is 13.1. The van der Waals surface area contributed by atoms with Crippen molar-refractivity contribution in [3.05, 3.63) is 76.8 Å². The van der Waals surface area contributed by atoms with E-state index < -0.39 is 23.2 Å². The lowest BCUT2D eigenvalue weighted by atomic mass is 10.1. The summed E-state index contributed by atoms with van der Waals surface area (Å²) in [5.74, 6) is -0.921. The monoisotopic (exact) mass is 568 g/mol. The van der Waals surface area contributed by atoms with Crippen LogP contribution in [0.25, 0.3) is 0 Å². The molecule has 210 valence electrons. The van der Waals surface area contributed by atoms with Gasteiger partial charge in [-0.1, -0.05) is 11.6 Å². The number of carbonyl (C=O) groups is 3. The van der Waals surface area contributed by atoms with Crippen LogP contribution in [0, 0.1) is 5.82 Å². The Bertz CT molecular complexity index is 1380. The van der Waals surface area contributed by atoms with Crippen LogP contribution in [0.3, 0.4) is 0 Å². The van der Waals surface area contributed by atoms with Gasteiger partial charge in [0.1, 0.15) is 23.1 Å². The molecule has 0 radical (unpaired) electrons. The number of benzene rings is 1. The van der Waals surface area contributed by atoms with Gasteiger partial charge in [-0.25, -0.2) is 19.2 Å². The summed E-state index contributed by atoms with van der Waals surface area (Å²) in [5, 5.41) is 5.61. The number of nitrogens with zero attached hydrogens (tertiary/aromatic N) is 4. The van der Waals surface area contributed by atoms with E-state index in [0.29, 0.717) is 37.0 Å². The summed E-state index contributed by atoms with van der Waals surface area (Å²) in [4.78, 5) is 50.4. The van der Waals surface area contributed by atoms with Gasteiger partial charge >= 0.3 is 6.09 Å². The van der Waals surface area contributed by atoms with E-state index in [2.05, 4.69) is 20.6 Å². The summed E-state index contributed by atoms with van der Waals surface area (Å²) in [6.45, 7) is 7.82. The summed E-state index contributed by atoms with van der Waals surface area (Å²) in [5.41, 5.74) is -0.262. The zero-order valence-corrected chi connectivity index (χ0v) is 23.2. The summed E-state index contributed by atoms with van der Waals surface area (Å²) in [6.07, 6.45) is 3.20. The molecule has 0 bridgehead atoms. The van der Waals surface area contributed by atoms with E-state index in [1.165, 1.54) is 24.5 Å². The Morgan fingerprint density at radius 3 is 2.40 bits per heavy atom. The average molecular weight is 569 g/mol. The smallest absolute Gasteiger partial charge is 0.410 e. The normalized spacial score (nSPS) is 13.8. The van der Waals surface area contributed by atoms with Crippen molar-refractivity contribution in [3.63, 3.8) is 0 Å². The molecule has 0 aliphatic carbocycles. The zero-order chi connectivity index (χ0) is 28.9. The highest BCUT2D eigenvalue weighted by molar-refractivity contribution is 6.30. The Labute approximate surface area is 236 Å². The van der Waals surface area contributed by atoms with Crippen LogP contribution in [-0.2, 0) is 4.74 Å². The molecule has 3 aromatic rings. The van der Waals surface area contributed by atoms with Gasteiger partial charge in [-0.15, -0.1) is 0 Å². The van der Waals surface area contributed by atoms with Crippen molar-refractivity contribution < 1.29 is 23.5 Å². The Morgan fingerprint density at radius 2 is 1.73 bits per heavy atom. The SMILES string of the molecule is CC(C)(C)OC(=O)N1CCCN(c2ccc(C(=O)Nc3ccc(F)cc3C(=O)Nc3ccc(Cl)cn3)cn2)CC1. The van der Waals surface area contributed by atoms with Crippen LogP contribution in [-0.4, -0.2) is 64.6 Å². The molecule has 0 saturated carbocycles. The number of pyridine rings is 2.